The summed E-state index contributed by atoms with van der Waals surface area (Å²) in [6.07, 6.45) is 1.62. The Morgan fingerprint density at radius 2 is 2.19 bits per heavy atom. The number of benzene rings is 1. The molecule has 1 aromatic rings. The van der Waals surface area contributed by atoms with E-state index in [1.165, 1.54) is 6.07 Å². The highest BCUT2D eigenvalue weighted by Crippen LogP contribution is 2.27. The highest BCUT2D eigenvalue weighted by molar-refractivity contribution is 6.31. The Hall–Kier alpha value is -1.59. The predicted molar refractivity (Wildman–Crippen MR) is 80.2 cm³/mol. The lowest BCUT2D eigenvalue weighted by Gasteiger charge is -2.36. The number of piperidine rings is 1. The van der Waals surface area contributed by atoms with E-state index in [0.717, 1.165) is 18.5 Å². The average molecular weight is 311 g/mol. The van der Waals surface area contributed by atoms with Gasteiger partial charge in [-0.05, 0) is 43.0 Å². The predicted octanol–water partition coefficient (Wildman–Crippen LogP) is 2.12. The van der Waals surface area contributed by atoms with Crippen molar-refractivity contribution in [3.8, 4) is 0 Å². The first-order chi connectivity index (χ1) is 9.88. The van der Waals surface area contributed by atoms with Gasteiger partial charge in [-0.15, -0.1) is 0 Å². The van der Waals surface area contributed by atoms with E-state index >= 15 is 0 Å². The maximum atomic E-state index is 11.4. The lowest BCUT2D eigenvalue weighted by atomic mass is 9.92. The molecule has 2 rings (SSSR count). The molecule has 0 spiro atoms. The Balaban J connectivity index is 2.16. The number of rotatable bonds is 4. The summed E-state index contributed by atoms with van der Waals surface area (Å²) >= 11 is 6.17. The molecular formula is C15H19ClN2O3. The van der Waals surface area contributed by atoms with E-state index in [2.05, 4.69) is 6.92 Å². The molecule has 2 atom stereocenters. The zero-order valence-corrected chi connectivity index (χ0v) is 12.6. The number of halogens is 1. The van der Waals surface area contributed by atoms with Gasteiger partial charge in [-0.3, -0.25) is 14.5 Å². The SMILES string of the molecule is CC1CCN(Cc2ccc(C(N)=O)cc2Cl)C(C(=O)O)C1. The second kappa shape index (κ2) is 6.45. The fourth-order valence-electron chi connectivity index (χ4n) is 2.68. The van der Waals surface area contributed by atoms with Crippen molar-refractivity contribution in [2.75, 3.05) is 6.54 Å². The van der Waals surface area contributed by atoms with Crippen molar-refractivity contribution < 1.29 is 14.7 Å². The standard InChI is InChI=1S/C15H19ClN2O3/c1-9-4-5-18(13(6-9)15(20)21)8-11-3-2-10(14(17)19)7-12(11)16/h2-3,7,9,13H,4-6,8H2,1H3,(H2,17,19)(H,20,21). The van der Waals surface area contributed by atoms with Gasteiger partial charge in [0.05, 0.1) is 0 Å². The first-order valence-electron chi connectivity index (χ1n) is 6.93. The minimum absolute atomic E-state index is 0.353. The molecule has 2 unspecified atom stereocenters. The van der Waals surface area contributed by atoms with Gasteiger partial charge in [0.15, 0.2) is 0 Å². The Morgan fingerprint density at radius 3 is 2.76 bits per heavy atom. The molecule has 0 radical (unpaired) electrons. The number of hydrogen-bond acceptors (Lipinski definition) is 3. The lowest BCUT2D eigenvalue weighted by Crippen LogP contribution is -2.46. The van der Waals surface area contributed by atoms with Crippen LogP contribution in [0.1, 0.15) is 35.7 Å². The molecule has 1 amide bonds. The van der Waals surface area contributed by atoms with E-state index in [-0.39, 0.29) is 0 Å². The lowest BCUT2D eigenvalue weighted by molar-refractivity contribution is -0.145. The quantitative estimate of drug-likeness (QED) is 0.892. The normalized spacial score (nSPS) is 23.0. The molecule has 0 saturated carbocycles. The van der Waals surface area contributed by atoms with Crippen molar-refractivity contribution in [3.05, 3.63) is 34.3 Å². The van der Waals surface area contributed by atoms with Crippen LogP contribution in [-0.4, -0.2) is 34.5 Å². The topological polar surface area (TPSA) is 83.6 Å². The third-order valence-electron chi connectivity index (χ3n) is 3.97. The van der Waals surface area contributed by atoms with Crippen LogP contribution in [0.2, 0.25) is 5.02 Å². The van der Waals surface area contributed by atoms with Crippen molar-refractivity contribution in [2.45, 2.75) is 32.4 Å². The number of hydrogen-bond donors (Lipinski definition) is 2. The molecule has 5 nitrogen and oxygen atoms in total. The molecule has 1 aromatic carbocycles. The number of primary amides is 1. The van der Waals surface area contributed by atoms with E-state index in [0.29, 0.717) is 29.5 Å². The summed E-state index contributed by atoms with van der Waals surface area (Å²) in [4.78, 5) is 24.4. The summed E-state index contributed by atoms with van der Waals surface area (Å²) in [7, 11) is 0. The van der Waals surface area contributed by atoms with Gasteiger partial charge in [0.1, 0.15) is 6.04 Å². The van der Waals surface area contributed by atoms with Crippen LogP contribution < -0.4 is 5.73 Å². The summed E-state index contributed by atoms with van der Waals surface area (Å²) in [5.74, 6) is -0.917. The van der Waals surface area contributed by atoms with Gasteiger partial charge < -0.3 is 10.8 Å². The second-order valence-electron chi connectivity index (χ2n) is 5.62. The monoisotopic (exact) mass is 310 g/mol. The molecule has 0 aliphatic carbocycles. The molecule has 1 fully saturated rings. The summed E-state index contributed by atoms with van der Waals surface area (Å²) in [5.41, 5.74) is 6.37. The highest BCUT2D eigenvalue weighted by atomic mass is 35.5. The number of likely N-dealkylation sites (tertiary alicyclic amines) is 1. The molecule has 1 aliphatic rings. The Morgan fingerprint density at radius 1 is 1.48 bits per heavy atom. The largest absolute Gasteiger partial charge is 0.480 e. The number of carboxylic acids is 1. The highest BCUT2D eigenvalue weighted by Gasteiger charge is 2.31. The minimum Gasteiger partial charge on any atom is -0.480 e. The number of nitrogens with zero attached hydrogens (tertiary/aromatic N) is 1. The smallest absolute Gasteiger partial charge is 0.320 e. The van der Waals surface area contributed by atoms with E-state index in [4.69, 9.17) is 17.3 Å². The first-order valence-corrected chi connectivity index (χ1v) is 7.31. The number of nitrogens with two attached hydrogens (primary N) is 1. The van der Waals surface area contributed by atoms with E-state index < -0.39 is 17.9 Å². The van der Waals surface area contributed by atoms with Crippen molar-refractivity contribution in [1.82, 2.24) is 4.90 Å². The fraction of sp³-hybridized carbons (Fsp3) is 0.467. The van der Waals surface area contributed by atoms with Crippen molar-refractivity contribution in [2.24, 2.45) is 11.7 Å². The van der Waals surface area contributed by atoms with Crippen LogP contribution in [0, 0.1) is 5.92 Å². The molecule has 21 heavy (non-hydrogen) atoms. The van der Waals surface area contributed by atoms with Gasteiger partial charge in [-0.25, -0.2) is 0 Å². The Kier molecular flexibility index (Phi) is 4.85. The number of amides is 1. The minimum atomic E-state index is -0.800. The van der Waals surface area contributed by atoms with Gasteiger partial charge in [-0.1, -0.05) is 24.6 Å². The summed E-state index contributed by atoms with van der Waals surface area (Å²) in [6.45, 7) is 3.26. The number of carbonyl (C=O) groups is 2. The van der Waals surface area contributed by atoms with Crippen LogP contribution in [0.5, 0.6) is 0 Å². The number of carbonyl (C=O) groups excluding carboxylic acids is 1. The van der Waals surface area contributed by atoms with Crippen LogP contribution in [0.25, 0.3) is 0 Å². The molecule has 1 heterocycles. The van der Waals surface area contributed by atoms with Crippen molar-refractivity contribution in [3.63, 3.8) is 0 Å². The van der Waals surface area contributed by atoms with Gasteiger partial charge in [0.2, 0.25) is 5.91 Å². The molecule has 114 valence electrons. The zero-order valence-electron chi connectivity index (χ0n) is 11.9. The summed E-state index contributed by atoms with van der Waals surface area (Å²) < 4.78 is 0. The van der Waals surface area contributed by atoms with Crippen molar-refractivity contribution >= 4 is 23.5 Å². The first kappa shape index (κ1) is 15.8. The number of carboxylic acid groups (broad SMARTS) is 1. The van der Waals surface area contributed by atoms with Crippen molar-refractivity contribution in [1.29, 1.82) is 0 Å². The Labute approximate surface area is 128 Å². The second-order valence-corrected chi connectivity index (χ2v) is 6.03. The molecule has 1 saturated heterocycles. The average Bonchev–Trinajstić information content (AvgIpc) is 2.42. The molecule has 3 N–H and O–H groups in total. The van der Waals surface area contributed by atoms with Crippen LogP contribution in [0.3, 0.4) is 0 Å². The third kappa shape index (κ3) is 3.74. The molecular weight excluding hydrogens is 292 g/mol. The summed E-state index contributed by atoms with van der Waals surface area (Å²) in [5, 5.41) is 9.79. The zero-order chi connectivity index (χ0) is 15.6. The van der Waals surface area contributed by atoms with Crippen LogP contribution in [-0.2, 0) is 11.3 Å². The molecule has 0 aromatic heterocycles. The molecule has 0 bridgehead atoms. The molecule has 1 aliphatic heterocycles. The van der Waals surface area contributed by atoms with Crippen LogP contribution in [0.4, 0.5) is 0 Å². The number of aliphatic carboxylic acids is 1. The Bertz CT molecular complexity index is 562. The van der Waals surface area contributed by atoms with Gasteiger partial charge >= 0.3 is 5.97 Å². The van der Waals surface area contributed by atoms with Gasteiger partial charge in [0, 0.05) is 17.1 Å². The van der Waals surface area contributed by atoms with Crippen LogP contribution >= 0.6 is 11.6 Å². The third-order valence-corrected chi connectivity index (χ3v) is 4.32. The fourth-order valence-corrected chi connectivity index (χ4v) is 2.92. The maximum absolute atomic E-state index is 11.4. The van der Waals surface area contributed by atoms with E-state index in [1.54, 1.807) is 12.1 Å². The van der Waals surface area contributed by atoms with Gasteiger partial charge in [-0.2, -0.15) is 0 Å². The van der Waals surface area contributed by atoms with Gasteiger partial charge in [0.25, 0.3) is 0 Å². The maximum Gasteiger partial charge on any atom is 0.320 e. The van der Waals surface area contributed by atoms with E-state index in [1.807, 2.05) is 4.90 Å². The molecule has 6 heteroatoms. The van der Waals surface area contributed by atoms with E-state index in [9.17, 15) is 14.7 Å². The van der Waals surface area contributed by atoms with Crippen LogP contribution in [0.15, 0.2) is 18.2 Å². The summed E-state index contributed by atoms with van der Waals surface area (Å²) in [6, 6.07) is 4.40.